The lowest BCUT2D eigenvalue weighted by Crippen LogP contribution is -2.48. The maximum atomic E-state index is 11.5. The number of aryl methyl sites for hydroxylation is 2. The van der Waals surface area contributed by atoms with Gasteiger partial charge in [0.1, 0.15) is 0 Å². The van der Waals surface area contributed by atoms with Gasteiger partial charge in [0.05, 0.1) is 5.60 Å². The first kappa shape index (κ1) is 88.7. The van der Waals surface area contributed by atoms with Crippen molar-refractivity contribution in [3.63, 3.8) is 0 Å². The molecule has 616 valence electrons. The fourth-order valence-electron chi connectivity index (χ4n) is 18.3. The number of benzene rings is 14. The van der Waals surface area contributed by atoms with Gasteiger partial charge in [0, 0.05) is 58.4 Å². The van der Waals surface area contributed by atoms with Crippen LogP contribution in [0.25, 0.3) is 111 Å². The summed E-state index contributed by atoms with van der Waals surface area (Å²) >= 11 is 14.2. The molecule has 5 nitrogen and oxygen atoms in total. The number of aliphatic hydroxyl groups is 1. The van der Waals surface area contributed by atoms with Crippen molar-refractivity contribution >= 4 is 108 Å². The van der Waals surface area contributed by atoms with E-state index in [1.54, 1.807) is 0 Å². The van der Waals surface area contributed by atoms with Gasteiger partial charge in [0.2, 0.25) is 0 Å². The van der Waals surface area contributed by atoms with Crippen molar-refractivity contribution in [3.8, 4) is 89.0 Å². The summed E-state index contributed by atoms with van der Waals surface area (Å²) in [6, 6.07) is 98.5. The molecule has 14 aromatic rings. The Labute approximate surface area is 753 Å². The van der Waals surface area contributed by atoms with Crippen molar-refractivity contribution in [2.45, 2.75) is 132 Å². The van der Waals surface area contributed by atoms with E-state index in [9.17, 15) is 5.11 Å². The maximum absolute atomic E-state index is 11.5. The van der Waals surface area contributed by atoms with Crippen molar-refractivity contribution in [2.24, 2.45) is 35.5 Å². The van der Waals surface area contributed by atoms with Gasteiger partial charge in [0.25, 0.3) is 0 Å². The van der Waals surface area contributed by atoms with Gasteiger partial charge in [-0.3, -0.25) is 0 Å². The van der Waals surface area contributed by atoms with Gasteiger partial charge in [-0.15, -0.1) is 13.2 Å². The molecule has 0 amide bonds. The lowest BCUT2D eigenvalue weighted by Gasteiger charge is -2.54. The van der Waals surface area contributed by atoms with E-state index in [1.165, 1.54) is 156 Å². The lowest BCUT2D eigenvalue weighted by atomic mass is 9.52. The number of anilines is 4. The van der Waals surface area contributed by atoms with Crippen LogP contribution in [-0.4, -0.2) is 10.7 Å². The van der Waals surface area contributed by atoms with E-state index in [0.717, 1.165) is 53.5 Å². The summed E-state index contributed by atoms with van der Waals surface area (Å²) < 4.78 is 4.39. The van der Waals surface area contributed by atoms with Crippen LogP contribution in [0.1, 0.15) is 146 Å². The fraction of sp³-hybridized carbons (Fsp3) is 0.232. The zero-order chi connectivity index (χ0) is 86.3. The van der Waals surface area contributed by atoms with Crippen LogP contribution in [0.3, 0.4) is 0 Å². The predicted octanol–water partition coefficient (Wildman–Crippen LogP) is 32.8. The molecule has 0 radical (unpaired) electrons. The number of halogens is 4. The van der Waals surface area contributed by atoms with Crippen LogP contribution in [0.15, 0.2) is 334 Å². The van der Waals surface area contributed by atoms with Crippen molar-refractivity contribution in [1.82, 2.24) is 0 Å². The summed E-state index contributed by atoms with van der Waals surface area (Å²) in [5.41, 5.74) is 56.2. The van der Waals surface area contributed by atoms with Crippen LogP contribution in [0, 0.1) is 49.4 Å². The van der Waals surface area contributed by atoms with Gasteiger partial charge >= 0.3 is 0 Å². The molecule has 9 heteroatoms. The Hall–Kier alpha value is -10.1. The number of fused-ring (bicyclic) bond motifs is 5. The van der Waals surface area contributed by atoms with Crippen LogP contribution in [-0.2, 0) is 0 Å². The molecule has 6 aliphatic rings. The SMILES string of the molecule is C=CC(C)C.C=CC(C)C.CC(C)C1CC2c3c(-c4ccc(Br)cc4)ccc(-c4ccc(Br)cc4)c3C1CC2(C)O.CC1=CC2c3c(-c4ccc(N)cc4)ccc(-c4ccc(N)cc4)c3C1CC2C(C)C.Cc1ccc2c(-c3ccc(Br)cc3)ccc(-c3ccc(Br)cc3)c2c1.Cc1ccc2c(-c3ccc(N)cc3)ccc(-c3ccc(N)cc3)c2c1. The monoisotopic (exact) mass is 1850 g/mol. The molecule has 0 aliphatic heterocycles. The van der Waals surface area contributed by atoms with E-state index in [4.69, 9.17) is 22.9 Å². The summed E-state index contributed by atoms with van der Waals surface area (Å²) in [4.78, 5) is 0. The zero-order valence-electron chi connectivity index (χ0n) is 71.9. The van der Waals surface area contributed by atoms with Crippen LogP contribution >= 0.6 is 63.7 Å². The average Bonchev–Trinajstić information content (AvgIpc) is 0.706. The van der Waals surface area contributed by atoms with Crippen LogP contribution < -0.4 is 22.9 Å². The van der Waals surface area contributed by atoms with E-state index in [2.05, 4.69) is 397 Å². The smallest absolute Gasteiger partial charge is 0.0694 e. The first-order chi connectivity index (χ1) is 58.0. The summed E-state index contributed by atoms with van der Waals surface area (Å²) in [7, 11) is 0. The highest BCUT2D eigenvalue weighted by Crippen LogP contribution is 2.63. The zero-order valence-corrected chi connectivity index (χ0v) is 78.2. The number of hydrogen-bond donors (Lipinski definition) is 5. The molecule has 7 atom stereocenters. The van der Waals surface area contributed by atoms with Gasteiger partial charge in [-0.05, 0) is 318 Å². The number of nitrogens with two attached hydrogens (primary N) is 4. The van der Waals surface area contributed by atoms with Crippen molar-refractivity contribution in [3.05, 3.63) is 367 Å². The van der Waals surface area contributed by atoms with Crippen molar-refractivity contribution in [2.75, 3.05) is 22.9 Å². The van der Waals surface area contributed by atoms with E-state index in [-0.39, 0.29) is 5.92 Å². The maximum Gasteiger partial charge on any atom is 0.0694 e. The normalized spacial score (nSPS) is 17.6. The molecule has 0 heterocycles. The van der Waals surface area contributed by atoms with Crippen molar-refractivity contribution < 1.29 is 5.11 Å². The van der Waals surface area contributed by atoms with E-state index >= 15 is 0 Å². The quantitative estimate of drug-likeness (QED) is 0.0616. The topological polar surface area (TPSA) is 124 Å². The molecule has 7 unspecified atom stereocenters. The van der Waals surface area contributed by atoms with Crippen LogP contribution in [0.5, 0.6) is 0 Å². The molecule has 0 aromatic heterocycles. The molecule has 4 bridgehead atoms. The molecule has 1 fully saturated rings. The molecule has 14 aromatic carbocycles. The Kier molecular flexibility index (Phi) is 28.6. The van der Waals surface area contributed by atoms with Gasteiger partial charge in [-0.2, -0.15) is 0 Å². The molecule has 0 saturated heterocycles. The minimum absolute atomic E-state index is 0.161. The van der Waals surface area contributed by atoms with Crippen molar-refractivity contribution in [1.29, 1.82) is 0 Å². The molecule has 121 heavy (non-hydrogen) atoms. The van der Waals surface area contributed by atoms with Gasteiger partial charge in [0.15, 0.2) is 0 Å². The predicted molar refractivity (Wildman–Crippen MR) is 538 cm³/mol. The summed E-state index contributed by atoms with van der Waals surface area (Å²) in [5.74, 6) is 5.33. The van der Waals surface area contributed by atoms with E-state index < -0.39 is 5.60 Å². The molecule has 6 aliphatic carbocycles. The second-order valence-electron chi connectivity index (χ2n) is 34.9. The Morgan fingerprint density at radius 1 is 0.339 bits per heavy atom. The second kappa shape index (κ2) is 39.0. The minimum atomic E-state index is -0.661. The van der Waals surface area contributed by atoms with Crippen LogP contribution in [0.2, 0.25) is 0 Å². The highest BCUT2D eigenvalue weighted by atomic mass is 79.9. The third-order valence-electron chi connectivity index (χ3n) is 24.9. The van der Waals surface area contributed by atoms with Gasteiger partial charge in [-0.25, -0.2) is 0 Å². The number of hydrogen-bond acceptors (Lipinski definition) is 5. The highest BCUT2D eigenvalue weighted by Gasteiger charge is 2.53. The van der Waals surface area contributed by atoms with Gasteiger partial charge in [-0.1, -0.05) is 336 Å². The number of allylic oxidation sites excluding steroid dienone is 4. The Morgan fingerprint density at radius 2 is 0.612 bits per heavy atom. The summed E-state index contributed by atoms with van der Waals surface area (Å²) in [6.45, 7) is 33.6. The average molecular weight is 1850 g/mol. The molecule has 1 saturated carbocycles. The Bertz CT molecular complexity index is 5820. The first-order valence-corrected chi connectivity index (χ1v) is 45.7. The fourth-order valence-corrected chi connectivity index (χ4v) is 19.3. The third-order valence-corrected chi connectivity index (χ3v) is 27.0. The largest absolute Gasteiger partial charge is 0.399 e. The molecular formula is C112H114Br4N4O. The molecule has 9 N–H and O–H groups in total. The molecule has 0 spiro atoms. The number of rotatable bonds is 12. The Balaban J connectivity index is 0.000000134. The first-order valence-electron chi connectivity index (χ1n) is 42.5. The molecular weight excluding hydrogens is 1740 g/mol. The summed E-state index contributed by atoms with van der Waals surface area (Å²) in [6.07, 6.45) is 9.54. The summed E-state index contributed by atoms with van der Waals surface area (Å²) in [5, 5.41) is 16.6. The minimum Gasteiger partial charge on any atom is -0.399 e. The highest BCUT2D eigenvalue weighted by molar-refractivity contribution is 9.11. The van der Waals surface area contributed by atoms with Crippen LogP contribution in [0.4, 0.5) is 22.7 Å². The third kappa shape index (κ3) is 20.3. The van der Waals surface area contributed by atoms with E-state index in [0.29, 0.717) is 53.3 Å². The molecule has 20 rings (SSSR count). The standard InChI is InChI=1S/C28H28Br2O.C28H30N2.C23H16Br2.C23H20N2.2C5H10/c1-16(2)23-14-25-27-22(18-6-10-20(30)11-7-18)13-12-21(17-4-8-19(29)9-5-17)26(27)24(23)15-28(25,3)31;1-16(2)24-15-25-17(3)14-26(24)28-23(19-6-10-21(30)11-7-19)13-12-22(27(25)28)18-4-8-20(29)9-5-18;2*1-15-2-11-22-20(16-3-7-18(24)8-4-16)12-13-21(23(22)14-15)17-5-9-19(25)10-6-17;2*1-4-5(2)3/h4-13,16,23-25,31H,14-15H2,1-3H3;4-14,16,24-26H,15,29-30H2,1-3H3;2-14H,1H3;2-14H,24-25H2,1H3;2*4-5H,1H2,2-3H3. The second-order valence-corrected chi connectivity index (χ2v) is 38.5. The lowest BCUT2D eigenvalue weighted by molar-refractivity contribution is -0.0421. The Morgan fingerprint density at radius 3 is 0.926 bits per heavy atom. The number of nitrogen functional groups attached to an aromatic ring is 4. The van der Waals surface area contributed by atoms with E-state index in [1.807, 2.05) is 60.7 Å². The van der Waals surface area contributed by atoms with Gasteiger partial charge < -0.3 is 28.0 Å².